The zero-order valence-electron chi connectivity index (χ0n) is 15.0. The van der Waals surface area contributed by atoms with Gasteiger partial charge in [0.2, 0.25) is 5.91 Å². The molecule has 26 heavy (non-hydrogen) atoms. The second kappa shape index (κ2) is 7.34. The highest BCUT2D eigenvalue weighted by Gasteiger charge is 2.35. The van der Waals surface area contributed by atoms with Crippen LogP contribution in [0, 0.1) is 0 Å². The summed E-state index contributed by atoms with van der Waals surface area (Å²) in [4.78, 5) is 16.5. The fourth-order valence-corrected chi connectivity index (χ4v) is 3.81. The summed E-state index contributed by atoms with van der Waals surface area (Å²) in [7, 11) is 0. The maximum absolute atomic E-state index is 12.5. The van der Waals surface area contributed by atoms with Gasteiger partial charge >= 0.3 is 0 Å². The molecule has 2 saturated heterocycles. The van der Waals surface area contributed by atoms with Crippen molar-refractivity contribution in [3.8, 4) is 0 Å². The third-order valence-corrected chi connectivity index (χ3v) is 5.50. The third-order valence-electron chi connectivity index (χ3n) is 5.50. The Labute approximate surface area is 153 Å². The number of aliphatic hydroxyl groups is 1. The molecule has 0 spiro atoms. The van der Waals surface area contributed by atoms with E-state index in [0.29, 0.717) is 52.2 Å². The van der Waals surface area contributed by atoms with Gasteiger partial charge in [-0.15, -0.1) is 0 Å². The first-order chi connectivity index (χ1) is 12.6. The van der Waals surface area contributed by atoms with Crippen molar-refractivity contribution in [3.63, 3.8) is 0 Å². The maximum atomic E-state index is 12.5. The molecule has 1 aromatic carbocycles. The molecule has 7 nitrogen and oxygen atoms in total. The zero-order chi connectivity index (χ0) is 18.0. The van der Waals surface area contributed by atoms with Gasteiger partial charge in [-0.25, -0.2) is 0 Å². The Morgan fingerprint density at radius 3 is 2.65 bits per heavy atom. The van der Waals surface area contributed by atoms with Crippen LogP contribution >= 0.6 is 0 Å². The molecule has 1 amide bonds. The van der Waals surface area contributed by atoms with Crippen molar-refractivity contribution in [1.29, 1.82) is 0 Å². The lowest BCUT2D eigenvalue weighted by Gasteiger charge is -2.39. The van der Waals surface area contributed by atoms with Gasteiger partial charge in [0.15, 0.2) is 0 Å². The molecule has 2 aliphatic rings. The average molecular weight is 358 g/mol. The van der Waals surface area contributed by atoms with E-state index in [0.717, 1.165) is 24.0 Å². The number of para-hydroxylation sites is 1. The van der Waals surface area contributed by atoms with Crippen LogP contribution in [-0.2, 0) is 16.1 Å². The number of hydrogen-bond acceptors (Lipinski definition) is 5. The van der Waals surface area contributed by atoms with Crippen LogP contribution in [0.25, 0.3) is 10.9 Å². The minimum absolute atomic E-state index is 0.151. The van der Waals surface area contributed by atoms with E-state index in [4.69, 9.17) is 4.74 Å². The molecule has 1 N–H and O–H groups in total. The van der Waals surface area contributed by atoms with Crippen molar-refractivity contribution in [2.45, 2.75) is 25.0 Å². The topological polar surface area (TPSA) is 70.8 Å². The predicted molar refractivity (Wildman–Crippen MR) is 97.8 cm³/mol. The third kappa shape index (κ3) is 3.75. The van der Waals surface area contributed by atoms with Crippen LogP contribution in [0.3, 0.4) is 0 Å². The molecule has 2 fully saturated rings. The number of nitrogens with zero attached hydrogens (tertiary/aromatic N) is 4. The van der Waals surface area contributed by atoms with Crippen molar-refractivity contribution < 1.29 is 14.6 Å². The number of rotatable bonds is 4. The Hall–Kier alpha value is -1.96. The van der Waals surface area contributed by atoms with Gasteiger partial charge in [0.05, 0.1) is 43.6 Å². The molecule has 7 heteroatoms. The summed E-state index contributed by atoms with van der Waals surface area (Å²) in [6.45, 7) is 5.14. The lowest BCUT2D eigenvalue weighted by atomic mass is 9.91. The molecule has 3 heterocycles. The number of ether oxygens (including phenoxy) is 1. The van der Waals surface area contributed by atoms with Gasteiger partial charge in [-0.2, -0.15) is 5.10 Å². The molecule has 140 valence electrons. The van der Waals surface area contributed by atoms with Crippen LogP contribution in [0.4, 0.5) is 0 Å². The Morgan fingerprint density at radius 2 is 1.88 bits per heavy atom. The SMILES string of the molecule is O=C(CN1CCOCC1)N1CCC(O)(Cn2ncc3ccccc32)CC1. The van der Waals surface area contributed by atoms with Gasteiger partial charge < -0.3 is 14.7 Å². The molecule has 2 aliphatic heterocycles. The molecule has 4 rings (SSSR count). The van der Waals surface area contributed by atoms with E-state index in [1.165, 1.54) is 0 Å². The van der Waals surface area contributed by atoms with E-state index in [2.05, 4.69) is 10.00 Å². The number of fused-ring (bicyclic) bond motifs is 1. The normalized spacial score (nSPS) is 21.2. The number of amides is 1. The number of morpholine rings is 1. The maximum Gasteiger partial charge on any atom is 0.236 e. The lowest BCUT2D eigenvalue weighted by Crippen LogP contribution is -2.51. The van der Waals surface area contributed by atoms with Crippen LogP contribution < -0.4 is 0 Å². The fraction of sp³-hybridized carbons (Fsp3) is 0.579. The molecule has 0 atom stereocenters. The molecule has 0 bridgehead atoms. The molecule has 2 aromatic rings. The van der Waals surface area contributed by atoms with Gasteiger partial charge in [0, 0.05) is 31.6 Å². The van der Waals surface area contributed by atoms with E-state index < -0.39 is 5.60 Å². The van der Waals surface area contributed by atoms with Crippen LogP contribution in [0.15, 0.2) is 30.5 Å². The predicted octanol–water partition coefficient (Wildman–Crippen LogP) is 0.722. The van der Waals surface area contributed by atoms with Gasteiger partial charge in [0.1, 0.15) is 0 Å². The second-order valence-electron chi connectivity index (χ2n) is 7.35. The Balaban J connectivity index is 1.34. The van der Waals surface area contributed by atoms with Crippen LogP contribution in [0.1, 0.15) is 12.8 Å². The quantitative estimate of drug-likeness (QED) is 0.872. The fourth-order valence-electron chi connectivity index (χ4n) is 3.81. The van der Waals surface area contributed by atoms with Crippen molar-refractivity contribution in [1.82, 2.24) is 19.6 Å². The summed E-state index contributed by atoms with van der Waals surface area (Å²) >= 11 is 0. The molecule has 1 aromatic heterocycles. The van der Waals surface area contributed by atoms with E-state index in [9.17, 15) is 9.90 Å². The standard InChI is InChI=1S/C19H26N4O3/c24-18(14-21-9-11-26-12-10-21)22-7-5-19(25,6-8-22)15-23-17-4-2-1-3-16(17)13-20-23/h1-4,13,25H,5-12,14-15H2. The van der Waals surface area contributed by atoms with Gasteiger partial charge in [0.25, 0.3) is 0 Å². The molecule has 0 aliphatic carbocycles. The number of carbonyl (C=O) groups is 1. The van der Waals surface area contributed by atoms with Crippen LogP contribution in [-0.4, -0.2) is 82.1 Å². The number of hydrogen-bond donors (Lipinski definition) is 1. The molecule has 0 radical (unpaired) electrons. The molecule has 0 saturated carbocycles. The monoisotopic (exact) mass is 358 g/mol. The first kappa shape index (κ1) is 17.5. The summed E-state index contributed by atoms with van der Waals surface area (Å²) in [5.74, 6) is 0.151. The summed E-state index contributed by atoms with van der Waals surface area (Å²) < 4.78 is 7.20. The van der Waals surface area contributed by atoms with Crippen molar-refractivity contribution in [3.05, 3.63) is 30.5 Å². The molecular formula is C19H26N4O3. The molecule has 0 unspecified atom stereocenters. The van der Waals surface area contributed by atoms with E-state index in [-0.39, 0.29) is 5.91 Å². The second-order valence-corrected chi connectivity index (χ2v) is 7.35. The van der Waals surface area contributed by atoms with Crippen LogP contribution in [0.5, 0.6) is 0 Å². The summed E-state index contributed by atoms with van der Waals surface area (Å²) in [5, 5.41) is 16.5. The Morgan fingerprint density at radius 1 is 1.15 bits per heavy atom. The summed E-state index contributed by atoms with van der Waals surface area (Å²) in [5.41, 5.74) is 0.219. The number of aromatic nitrogens is 2. The van der Waals surface area contributed by atoms with Gasteiger partial charge in [-0.05, 0) is 18.9 Å². The number of benzene rings is 1. The van der Waals surface area contributed by atoms with Gasteiger partial charge in [-0.1, -0.05) is 18.2 Å². The largest absolute Gasteiger partial charge is 0.388 e. The highest BCUT2D eigenvalue weighted by molar-refractivity contribution is 5.79. The number of carbonyl (C=O) groups excluding carboxylic acids is 1. The summed E-state index contributed by atoms with van der Waals surface area (Å²) in [6.07, 6.45) is 2.99. The van der Waals surface area contributed by atoms with Gasteiger partial charge in [-0.3, -0.25) is 14.4 Å². The number of piperidine rings is 1. The minimum atomic E-state index is -0.815. The highest BCUT2D eigenvalue weighted by Crippen LogP contribution is 2.26. The van der Waals surface area contributed by atoms with E-state index in [1.807, 2.05) is 40.0 Å². The summed E-state index contributed by atoms with van der Waals surface area (Å²) in [6, 6.07) is 8.02. The van der Waals surface area contributed by atoms with Crippen molar-refractivity contribution in [2.75, 3.05) is 45.9 Å². The zero-order valence-corrected chi connectivity index (χ0v) is 15.0. The Kier molecular flexibility index (Phi) is 4.93. The van der Waals surface area contributed by atoms with Crippen LogP contribution in [0.2, 0.25) is 0 Å². The van der Waals surface area contributed by atoms with Crippen molar-refractivity contribution >= 4 is 16.8 Å². The molecular weight excluding hydrogens is 332 g/mol. The smallest absolute Gasteiger partial charge is 0.236 e. The first-order valence-electron chi connectivity index (χ1n) is 9.34. The minimum Gasteiger partial charge on any atom is -0.388 e. The van der Waals surface area contributed by atoms with E-state index in [1.54, 1.807) is 0 Å². The number of likely N-dealkylation sites (tertiary alicyclic amines) is 1. The first-order valence-corrected chi connectivity index (χ1v) is 9.34. The van der Waals surface area contributed by atoms with Crippen molar-refractivity contribution in [2.24, 2.45) is 0 Å². The van der Waals surface area contributed by atoms with E-state index >= 15 is 0 Å². The highest BCUT2D eigenvalue weighted by atomic mass is 16.5. The Bertz CT molecular complexity index is 761. The lowest BCUT2D eigenvalue weighted by molar-refractivity contribution is -0.138. The average Bonchev–Trinajstić information content (AvgIpc) is 3.06.